The summed E-state index contributed by atoms with van der Waals surface area (Å²) in [4.78, 5) is 16.4. The van der Waals surface area contributed by atoms with Gasteiger partial charge in [-0.15, -0.1) is 11.3 Å². The number of halogens is 1. The molecule has 11 heteroatoms. The second-order valence-electron chi connectivity index (χ2n) is 8.40. The van der Waals surface area contributed by atoms with Crippen molar-refractivity contribution in [3.8, 4) is 11.5 Å². The largest absolute Gasteiger partial charge is 0.497 e. The van der Waals surface area contributed by atoms with Crippen LogP contribution in [0, 0.1) is 5.82 Å². The van der Waals surface area contributed by atoms with E-state index < -0.39 is 21.9 Å². The highest BCUT2D eigenvalue weighted by atomic mass is 32.2. The molecule has 8 nitrogen and oxygen atoms in total. The molecule has 37 heavy (non-hydrogen) atoms. The SMILES string of the molecule is COCCN(CC(=O)N1CCc2sccc2C1COc1ccccc1F)S(=O)(=O)c1ccc(OC)cc1. The summed E-state index contributed by atoms with van der Waals surface area (Å²) in [6, 6.07) is 13.6. The number of amides is 1. The lowest BCUT2D eigenvalue weighted by atomic mass is 10.0. The number of thiophene rings is 1. The number of para-hydroxylation sites is 1. The molecule has 3 aromatic rings. The van der Waals surface area contributed by atoms with Crippen molar-refractivity contribution in [2.24, 2.45) is 0 Å². The Hall–Kier alpha value is -2.99. The third kappa shape index (κ3) is 6.12. The quantitative estimate of drug-likeness (QED) is 0.363. The van der Waals surface area contributed by atoms with E-state index in [2.05, 4.69) is 0 Å². The van der Waals surface area contributed by atoms with Gasteiger partial charge in [0.05, 0.1) is 31.2 Å². The highest BCUT2D eigenvalue weighted by Crippen LogP contribution is 2.34. The van der Waals surface area contributed by atoms with Gasteiger partial charge in [0.1, 0.15) is 12.4 Å². The summed E-state index contributed by atoms with van der Waals surface area (Å²) in [6.07, 6.45) is 0.651. The first-order chi connectivity index (χ1) is 17.8. The fourth-order valence-electron chi connectivity index (χ4n) is 4.22. The molecular weight excluding hydrogens is 519 g/mol. The maximum absolute atomic E-state index is 14.2. The number of hydrogen-bond acceptors (Lipinski definition) is 7. The number of hydrogen-bond donors (Lipinski definition) is 0. The molecule has 1 aliphatic rings. The number of methoxy groups -OCH3 is 2. The van der Waals surface area contributed by atoms with Gasteiger partial charge in [-0.25, -0.2) is 12.8 Å². The molecular formula is C26H29FN2O6S2. The van der Waals surface area contributed by atoms with Crippen molar-refractivity contribution >= 4 is 27.3 Å². The van der Waals surface area contributed by atoms with E-state index in [9.17, 15) is 17.6 Å². The zero-order valence-electron chi connectivity index (χ0n) is 20.6. The summed E-state index contributed by atoms with van der Waals surface area (Å²) in [5.74, 6) is -0.234. The van der Waals surface area contributed by atoms with Crippen molar-refractivity contribution in [2.45, 2.75) is 17.4 Å². The van der Waals surface area contributed by atoms with Gasteiger partial charge in [-0.2, -0.15) is 4.31 Å². The minimum absolute atomic E-state index is 0.00450. The van der Waals surface area contributed by atoms with E-state index in [0.29, 0.717) is 18.7 Å². The first-order valence-corrected chi connectivity index (χ1v) is 14.0. The van der Waals surface area contributed by atoms with E-state index in [1.54, 1.807) is 40.5 Å². The van der Waals surface area contributed by atoms with Crippen LogP contribution in [0.5, 0.6) is 11.5 Å². The van der Waals surface area contributed by atoms with Crippen LogP contribution in [0.1, 0.15) is 16.5 Å². The summed E-state index contributed by atoms with van der Waals surface area (Å²) in [7, 11) is -1.02. The van der Waals surface area contributed by atoms with E-state index in [-0.39, 0.29) is 42.9 Å². The van der Waals surface area contributed by atoms with Crippen molar-refractivity contribution in [1.82, 2.24) is 9.21 Å². The van der Waals surface area contributed by atoms with Gasteiger partial charge in [-0.05, 0) is 59.8 Å². The molecule has 1 unspecified atom stereocenters. The summed E-state index contributed by atoms with van der Waals surface area (Å²) >= 11 is 1.60. The van der Waals surface area contributed by atoms with Crippen LogP contribution in [0.25, 0.3) is 0 Å². The number of carbonyl (C=O) groups excluding carboxylic acids is 1. The third-order valence-electron chi connectivity index (χ3n) is 6.20. The van der Waals surface area contributed by atoms with Crippen LogP contribution < -0.4 is 9.47 Å². The molecule has 1 aromatic heterocycles. The first-order valence-electron chi connectivity index (χ1n) is 11.7. The van der Waals surface area contributed by atoms with Gasteiger partial charge >= 0.3 is 0 Å². The standard InChI is InChI=1S/C26H29FN2O6S2/c1-33-15-14-28(37(31,32)20-9-7-19(34-2)8-10-20)17-26(30)29-13-11-25-21(12-16-36-25)23(29)18-35-24-6-4-3-5-22(24)27/h3-10,12,16,23H,11,13-15,17-18H2,1-2H3. The first kappa shape index (κ1) is 27.1. The van der Waals surface area contributed by atoms with Crippen molar-refractivity contribution in [3.05, 3.63) is 76.2 Å². The lowest BCUT2D eigenvalue weighted by molar-refractivity contribution is -0.135. The fraction of sp³-hybridized carbons (Fsp3) is 0.346. The molecule has 198 valence electrons. The Morgan fingerprint density at radius 2 is 1.89 bits per heavy atom. The molecule has 0 N–H and O–H groups in total. The predicted octanol–water partition coefficient (Wildman–Crippen LogP) is 3.74. The van der Waals surface area contributed by atoms with Crippen molar-refractivity contribution in [1.29, 1.82) is 0 Å². The van der Waals surface area contributed by atoms with Crippen LogP contribution in [-0.2, 0) is 26.0 Å². The molecule has 2 heterocycles. The van der Waals surface area contributed by atoms with Crippen LogP contribution >= 0.6 is 11.3 Å². The van der Waals surface area contributed by atoms with E-state index in [0.717, 1.165) is 14.7 Å². The van der Waals surface area contributed by atoms with E-state index >= 15 is 0 Å². The molecule has 0 fully saturated rings. The smallest absolute Gasteiger partial charge is 0.243 e. The second kappa shape index (κ2) is 12.0. The number of fused-ring (bicyclic) bond motifs is 1. The normalized spacial score (nSPS) is 15.5. The van der Waals surface area contributed by atoms with Gasteiger partial charge in [0, 0.05) is 25.1 Å². The van der Waals surface area contributed by atoms with Gasteiger partial charge in [0.2, 0.25) is 15.9 Å². The van der Waals surface area contributed by atoms with Crippen molar-refractivity contribution in [3.63, 3.8) is 0 Å². The minimum atomic E-state index is -3.99. The van der Waals surface area contributed by atoms with Gasteiger partial charge in [0.25, 0.3) is 0 Å². The number of sulfonamides is 1. The van der Waals surface area contributed by atoms with Gasteiger partial charge in [-0.3, -0.25) is 4.79 Å². The van der Waals surface area contributed by atoms with Crippen molar-refractivity contribution < 1.29 is 31.8 Å². The topological polar surface area (TPSA) is 85.4 Å². The number of benzene rings is 2. The monoisotopic (exact) mass is 548 g/mol. The average Bonchev–Trinajstić information content (AvgIpc) is 3.39. The summed E-state index contributed by atoms with van der Waals surface area (Å²) < 4.78 is 58.2. The number of rotatable bonds is 11. The van der Waals surface area contributed by atoms with Crippen LogP contribution in [0.15, 0.2) is 64.9 Å². The Kier molecular flexibility index (Phi) is 8.80. The maximum Gasteiger partial charge on any atom is 0.243 e. The highest BCUT2D eigenvalue weighted by Gasteiger charge is 2.35. The van der Waals surface area contributed by atoms with Crippen LogP contribution in [0.4, 0.5) is 4.39 Å². The molecule has 1 aliphatic heterocycles. The Morgan fingerprint density at radius 3 is 2.59 bits per heavy atom. The second-order valence-corrected chi connectivity index (χ2v) is 11.3. The molecule has 0 aliphatic carbocycles. The van der Waals surface area contributed by atoms with Gasteiger partial charge in [-0.1, -0.05) is 12.1 Å². The minimum Gasteiger partial charge on any atom is -0.497 e. The Balaban J connectivity index is 1.56. The summed E-state index contributed by atoms with van der Waals surface area (Å²) in [5.41, 5.74) is 0.933. The van der Waals surface area contributed by atoms with Crippen LogP contribution in [0.2, 0.25) is 0 Å². The van der Waals surface area contributed by atoms with Crippen molar-refractivity contribution in [2.75, 3.05) is 47.1 Å². The van der Waals surface area contributed by atoms with Gasteiger partial charge in [0.15, 0.2) is 11.6 Å². The van der Waals surface area contributed by atoms with Crippen LogP contribution in [0.3, 0.4) is 0 Å². The molecule has 0 saturated carbocycles. The average molecular weight is 549 g/mol. The fourth-order valence-corrected chi connectivity index (χ4v) is 6.52. The van der Waals surface area contributed by atoms with E-state index in [1.165, 1.54) is 38.5 Å². The number of nitrogens with zero attached hydrogens (tertiary/aromatic N) is 2. The zero-order chi connectivity index (χ0) is 26.4. The number of carbonyl (C=O) groups is 1. The molecule has 2 aromatic carbocycles. The molecule has 1 atom stereocenters. The summed E-state index contributed by atoms with van der Waals surface area (Å²) in [5, 5.41) is 1.95. The maximum atomic E-state index is 14.2. The Morgan fingerprint density at radius 1 is 1.14 bits per heavy atom. The molecule has 1 amide bonds. The zero-order valence-corrected chi connectivity index (χ0v) is 22.3. The highest BCUT2D eigenvalue weighted by molar-refractivity contribution is 7.89. The molecule has 0 spiro atoms. The lowest BCUT2D eigenvalue weighted by Gasteiger charge is -2.37. The molecule has 4 rings (SSSR count). The van der Waals surface area contributed by atoms with E-state index in [4.69, 9.17) is 14.2 Å². The lowest BCUT2D eigenvalue weighted by Crippen LogP contribution is -2.48. The number of ether oxygens (including phenoxy) is 3. The van der Waals surface area contributed by atoms with Gasteiger partial charge < -0.3 is 19.1 Å². The molecule has 0 saturated heterocycles. The van der Waals surface area contributed by atoms with E-state index in [1.807, 2.05) is 11.4 Å². The Labute approximate surface area is 220 Å². The predicted molar refractivity (Wildman–Crippen MR) is 138 cm³/mol. The molecule has 0 radical (unpaired) electrons. The summed E-state index contributed by atoms with van der Waals surface area (Å²) in [6.45, 7) is 0.202. The Bertz CT molecular complexity index is 1310. The van der Waals surface area contributed by atoms with Crippen LogP contribution in [-0.4, -0.2) is 70.6 Å². The third-order valence-corrected chi connectivity index (χ3v) is 9.06. The molecule has 0 bridgehead atoms.